The predicted octanol–water partition coefficient (Wildman–Crippen LogP) is 1.43. The highest BCUT2D eigenvalue weighted by molar-refractivity contribution is 5.94. The minimum Gasteiger partial charge on any atom is -0.494 e. The molecule has 0 aliphatic carbocycles. The maximum Gasteiger partial charge on any atom is 0.233 e. The molecule has 5 heteroatoms. The average Bonchev–Trinajstić information content (AvgIpc) is 2.38. The smallest absolute Gasteiger partial charge is 0.233 e. The molecule has 0 aromatic heterocycles. The highest BCUT2D eigenvalue weighted by Crippen LogP contribution is 2.13. The van der Waals surface area contributed by atoms with Gasteiger partial charge in [-0.3, -0.25) is 15.0 Å². The topological polar surface area (TPSA) is 81.4 Å². The fourth-order valence-electron chi connectivity index (χ4n) is 1.44. The maximum absolute atomic E-state index is 11.1. The van der Waals surface area contributed by atoms with Gasteiger partial charge in [0, 0.05) is 12.0 Å². The van der Waals surface area contributed by atoms with Gasteiger partial charge in [-0.25, -0.2) is 5.84 Å². The summed E-state index contributed by atoms with van der Waals surface area (Å²) in [4.78, 5) is 21.9. The molecule has 1 rings (SSSR count). The van der Waals surface area contributed by atoms with Crippen molar-refractivity contribution in [3.63, 3.8) is 0 Å². The van der Waals surface area contributed by atoms with Gasteiger partial charge in [-0.05, 0) is 44.0 Å². The van der Waals surface area contributed by atoms with Crippen molar-refractivity contribution in [3.8, 4) is 5.75 Å². The first-order valence-electron chi connectivity index (χ1n) is 5.86. The van der Waals surface area contributed by atoms with E-state index in [1.807, 2.05) is 0 Å². The largest absolute Gasteiger partial charge is 0.494 e. The van der Waals surface area contributed by atoms with Gasteiger partial charge in [-0.15, -0.1) is 0 Å². The van der Waals surface area contributed by atoms with E-state index in [1.165, 1.54) is 6.92 Å². The number of amides is 1. The summed E-state index contributed by atoms with van der Waals surface area (Å²) >= 11 is 0. The van der Waals surface area contributed by atoms with Crippen LogP contribution < -0.4 is 16.0 Å². The third kappa shape index (κ3) is 4.97. The van der Waals surface area contributed by atoms with Crippen LogP contribution >= 0.6 is 0 Å². The number of rotatable bonds is 7. The van der Waals surface area contributed by atoms with Gasteiger partial charge >= 0.3 is 0 Å². The maximum atomic E-state index is 11.1. The number of nitrogens with two attached hydrogens (primary N) is 1. The quantitative estimate of drug-likeness (QED) is 0.252. The van der Waals surface area contributed by atoms with Crippen molar-refractivity contribution in [2.75, 3.05) is 6.61 Å². The van der Waals surface area contributed by atoms with E-state index in [-0.39, 0.29) is 11.7 Å². The highest BCUT2D eigenvalue weighted by atomic mass is 16.5. The summed E-state index contributed by atoms with van der Waals surface area (Å²) in [7, 11) is 0. The number of unbranched alkanes of at least 4 members (excludes halogenated alkanes) is 1. The molecule has 0 bridgehead atoms. The van der Waals surface area contributed by atoms with Crippen molar-refractivity contribution in [3.05, 3.63) is 29.8 Å². The van der Waals surface area contributed by atoms with Crippen molar-refractivity contribution in [1.82, 2.24) is 5.43 Å². The van der Waals surface area contributed by atoms with Crippen LogP contribution in [0.1, 0.15) is 36.5 Å². The number of ketones is 1. The van der Waals surface area contributed by atoms with E-state index in [2.05, 4.69) is 5.43 Å². The molecule has 1 amide bonds. The number of hydrazine groups is 1. The van der Waals surface area contributed by atoms with Crippen LogP contribution in [0.3, 0.4) is 0 Å². The van der Waals surface area contributed by atoms with E-state index < -0.39 is 0 Å². The Morgan fingerprint density at radius 2 is 1.89 bits per heavy atom. The number of carbonyl (C=O) groups is 2. The molecular weight excluding hydrogens is 232 g/mol. The molecule has 0 heterocycles. The Hall–Kier alpha value is -1.88. The molecule has 5 nitrogen and oxygen atoms in total. The summed E-state index contributed by atoms with van der Waals surface area (Å²) in [5.41, 5.74) is 2.75. The number of hydrogen-bond acceptors (Lipinski definition) is 4. The summed E-state index contributed by atoms with van der Waals surface area (Å²) in [6.45, 7) is 2.07. The number of Topliss-reactive ketones (excluding diaryl/α,β-unsaturated/α-hetero) is 1. The summed E-state index contributed by atoms with van der Waals surface area (Å²) < 4.78 is 5.48. The molecule has 0 aliphatic rings. The van der Waals surface area contributed by atoms with Crippen molar-refractivity contribution in [2.24, 2.45) is 5.84 Å². The summed E-state index contributed by atoms with van der Waals surface area (Å²) in [5.74, 6) is 5.55. The van der Waals surface area contributed by atoms with Crippen molar-refractivity contribution < 1.29 is 14.3 Å². The van der Waals surface area contributed by atoms with Gasteiger partial charge < -0.3 is 4.74 Å². The second-order valence-corrected chi connectivity index (χ2v) is 3.95. The van der Waals surface area contributed by atoms with Gasteiger partial charge in [0.15, 0.2) is 5.78 Å². The lowest BCUT2D eigenvalue weighted by atomic mass is 10.1. The third-order valence-electron chi connectivity index (χ3n) is 2.49. The molecule has 1 aromatic rings. The zero-order valence-electron chi connectivity index (χ0n) is 10.4. The van der Waals surface area contributed by atoms with Gasteiger partial charge in [0.25, 0.3) is 0 Å². The first kappa shape index (κ1) is 14.2. The van der Waals surface area contributed by atoms with Crippen LogP contribution in [0.25, 0.3) is 0 Å². The van der Waals surface area contributed by atoms with Crippen molar-refractivity contribution >= 4 is 11.7 Å². The molecule has 3 N–H and O–H groups in total. The lowest BCUT2D eigenvalue weighted by molar-refractivity contribution is -0.121. The van der Waals surface area contributed by atoms with Crippen molar-refractivity contribution in [2.45, 2.75) is 26.2 Å². The predicted molar refractivity (Wildman–Crippen MR) is 68.1 cm³/mol. The Morgan fingerprint density at radius 1 is 1.22 bits per heavy atom. The van der Waals surface area contributed by atoms with Gasteiger partial charge in [-0.1, -0.05) is 0 Å². The number of ether oxygens (including phenoxy) is 1. The third-order valence-corrected chi connectivity index (χ3v) is 2.49. The molecule has 0 saturated carbocycles. The first-order chi connectivity index (χ1) is 8.63. The number of hydrogen-bond donors (Lipinski definition) is 2. The van der Waals surface area contributed by atoms with Gasteiger partial charge in [0.2, 0.25) is 5.91 Å². The van der Waals surface area contributed by atoms with Gasteiger partial charge in [0.05, 0.1) is 6.61 Å². The molecule has 1 aromatic carbocycles. The standard InChI is InChI=1S/C13H18N2O3/c1-10(16)11-5-7-12(8-6-11)18-9-3-2-4-13(17)15-14/h5-8H,2-4,9,14H2,1H3,(H,15,17). The van der Waals surface area contributed by atoms with E-state index in [4.69, 9.17) is 10.6 Å². The molecule has 98 valence electrons. The van der Waals surface area contributed by atoms with E-state index in [9.17, 15) is 9.59 Å². The Kier molecular flexibility index (Phi) is 5.87. The van der Waals surface area contributed by atoms with E-state index in [0.29, 0.717) is 18.6 Å². The highest BCUT2D eigenvalue weighted by Gasteiger charge is 2.00. The van der Waals surface area contributed by atoms with Crippen LogP contribution in [0.4, 0.5) is 0 Å². The molecule has 0 unspecified atom stereocenters. The molecule has 0 radical (unpaired) electrons. The van der Waals surface area contributed by atoms with E-state index in [0.717, 1.165) is 18.6 Å². The Morgan fingerprint density at radius 3 is 2.44 bits per heavy atom. The number of benzene rings is 1. The zero-order valence-corrected chi connectivity index (χ0v) is 10.4. The Bertz CT molecular complexity index is 401. The number of carbonyl (C=O) groups excluding carboxylic acids is 2. The molecule has 18 heavy (non-hydrogen) atoms. The molecule has 0 spiro atoms. The normalized spacial score (nSPS) is 9.89. The van der Waals surface area contributed by atoms with Crippen LogP contribution in [0, 0.1) is 0 Å². The summed E-state index contributed by atoms with van der Waals surface area (Å²) in [6, 6.07) is 7.01. The zero-order chi connectivity index (χ0) is 13.4. The Labute approximate surface area is 106 Å². The van der Waals surface area contributed by atoms with Crippen molar-refractivity contribution in [1.29, 1.82) is 0 Å². The fourth-order valence-corrected chi connectivity index (χ4v) is 1.44. The monoisotopic (exact) mass is 250 g/mol. The van der Waals surface area contributed by atoms with Gasteiger partial charge in [-0.2, -0.15) is 0 Å². The first-order valence-corrected chi connectivity index (χ1v) is 5.86. The summed E-state index contributed by atoms with van der Waals surface area (Å²) in [5, 5.41) is 0. The van der Waals surface area contributed by atoms with E-state index >= 15 is 0 Å². The number of nitrogens with one attached hydrogen (secondary N) is 1. The minimum atomic E-state index is -0.166. The van der Waals surface area contributed by atoms with Crippen LogP contribution in [-0.2, 0) is 4.79 Å². The van der Waals surface area contributed by atoms with Crippen LogP contribution in [0.5, 0.6) is 5.75 Å². The lowest BCUT2D eigenvalue weighted by Crippen LogP contribution is -2.29. The van der Waals surface area contributed by atoms with Crippen LogP contribution in [0.2, 0.25) is 0 Å². The SMILES string of the molecule is CC(=O)c1ccc(OCCCCC(=O)NN)cc1. The molecular formula is C13H18N2O3. The molecule has 0 saturated heterocycles. The Balaban J connectivity index is 2.23. The second-order valence-electron chi connectivity index (χ2n) is 3.95. The lowest BCUT2D eigenvalue weighted by Gasteiger charge is -2.06. The van der Waals surface area contributed by atoms with E-state index in [1.54, 1.807) is 24.3 Å². The summed E-state index contributed by atoms with van der Waals surface area (Å²) in [6.07, 6.45) is 1.92. The molecule has 0 fully saturated rings. The minimum absolute atomic E-state index is 0.0364. The van der Waals surface area contributed by atoms with Gasteiger partial charge in [0.1, 0.15) is 5.75 Å². The van der Waals surface area contributed by atoms with Crippen LogP contribution in [0.15, 0.2) is 24.3 Å². The molecule has 0 atom stereocenters. The average molecular weight is 250 g/mol. The second kappa shape index (κ2) is 7.45. The molecule has 0 aliphatic heterocycles. The van der Waals surface area contributed by atoms with Crippen LogP contribution in [-0.4, -0.2) is 18.3 Å². The fraction of sp³-hybridized carbons (Fsp3) is 0.385.